The molecule has 1 heterocycles. The van der Waals surface area contributed by atoms with Crippen LogP contribution in [0.15, 0.2) is 0 Å². The Kier molecular flexibility index (Phi) is 7.17. The average molecular weight is 316 g/mol. The maximum Gasteiger partial charge on any atom is 0.304 e. The number of carboxylic acids is 1. The number of carbonyl (C=O) groups excluding carboxylic acids is 2. The third-order valence-corrected chi connectivity index (χ3v) is 4.62. The third-order valence-electron chi connectivity index (χ3n) is 3.53. The van der Waals surface area contributed by atoms with Crippen LogP contribution in [0.1, 0.15) is 27.2 Å². The molecule has 1 saturated heterocycles. The highest BCUT2D eigenvalue weighted by molar-refractivity contribution is 7.99. The molecule has 0 radical (unpaired) electrons. The van der Waals surface area contributed by atoms with Gasteiger partial charge in [0.05, 0.1) is 19.0 Å². The second kappa shape index (κ2) is 8.38. The second-order valence-corrected chi connectivity index (χ2v) is 6.85. The molecule has 1 aliphatic heterocycles. The number of aliphatic carboxylic acids is 1. The van der Waals surface area contributed by atoms with Gasteiger partial charge in [0.2, 0.25) is 5.91 Å². The highest BCUT2D eigenvalue weighted by Crippen LogP contribution is 2.18. The first-order chi connectivity index (χ1) is 9.81. The van der Waals surface area contributed by atoms with Crippen molar-refractivity contribution in [3.05, 3.63) is 0 Å². The summed E-state index contributed by atoms with van der Waals surface area (Å²) in [5.74, 6) is 0.527. The van der Waals surface area contributed by atoms with E-state index in [-0.39, 0.29) is 36.6 Å². The highest BCUT2D eigenvalue weighted by Gasteiger charge is 2.28. The van der Waals surface area contributed by atoms with Crippen molar-refractivity contribution < 1.29 is 19.5 Å². The van der Waals surface area contributed by atoms with Crippen LogP contribution in [-0.2, 0) is 14.4 Å². The van der Waals surface area contributed by atoms with Gasteiger partial charge in [0, 0.05) is 24.1 Å². The molecular weight excluding hydrogens is 292 g/mol. The molecule has 0 aromatic rings. The molecule has 1 aliphatic rings. The number of hydrogen-bond acceptors (Lipinski definition) is 5. The zero-order chi connectivity index (χ0) is 16.0. The van der Waals surface area contributed by atoms with Crippen LogP contribution >= 0.6 is 11.8 Å². The van der Waals surface area contributed by atoms with Crippen molar-refractivity contribution in [1.29, 1.82) is 0 Å². The summed E-state index contributed by atoms with van der Waals surface area (Å²) in [4.78, 5) is 36.4. The molecule has 1 amide bonds. The summed E-state index contributed by atoms with van der Waals surface area (Å²) in [6.45, 7) is 6.08. The Morgan fingerprint density at radius 3 is 2.57 bits per heavy atom. The molecule has 21 heavy (non-hydrogen) atoms. The summed E-state index contributed by atoms with van der Waals surface area (Å²) in [5, 5.41) is 11.7. The smallest absolute Gasteiger partial charge is 0.304 e. The average Bonchev–Trinajstić information content (AvgIpc) is 2.37. The quantitative estimate of drug-likeness (QED) is 0.715. The molecule has 120 valence electrons. The minimum absolute atomic E-state index is 0.0400. The lowest BCUT2D eigenvalue weighted by Crippen LogP contribution is -2.51. The van der Waals surface area contributed by atoms with Gasteiger partial charge in [0.1, 0.15) is 0 Å². The van der Waals surface area contributed by atoms with Crippen LogP contribution in [0.4, 0.5) is 0 Å². The Balaban J connectivity index is 2.58. The Hall–Kier alpha value is -1.08. The van der Waals surface area contributed by atoms with Gasteiger partial charge in [-0.3, -0.25) is 19.3 Å². The topological polar surface area (TPSA) is 86.7 Å². The third kappa shape index (κ3) is 6.05. The number of rotatable bonds is 7. The van der Waals surface area contributed by atoms with E-state index in [1.165, 1.54) is 6.92 Å². The molecule has 0 aromatic carbocycles. The van der Waals surface area contributed by atoms with E-state index >= 15 is 0 Å². The molecule has 2 atom stereocenters. The van der Waals surface area contributed by atoms with Crippen LogP contribution in [-0.4, -0.2) is 64.3 Å². The van der Waals surface area contributed by atoms with Crippen molar-refractivity contribution in [1.82, 2.24) is 10.2 Å². The minimum Gasteiger partial charge on any atom is -0.481 e. The van der Waals surface area contributed by atoms with E-state index in [0.29, 0.717) is 6.54 Å². The van der Waals surface area contributed by atoms with Crippen LogP contribution in [0.25, 0.3) is 0 Å². The summed E-state index contributed by atoms with van der Waals surface area (Å²) < 4.78 is 0. The fraction of sp³-hybridized carbons (Fsp3) is 0.786. The molecule has 2 N–H and O–H groups in total. The van der Waals surface area contributed by atoms with Crippen molar-refractivity contribution in [2.24, 2.45) is 5.92 Å². The summed E-state index contributed by atoms with van der Waals surface area (Å²) in [7, 11) is 0. The van der Waals surface area contributed by atoms with Gasteiger partial charge in [0.15, 0.2) is 5.78 Å². The van der Waals surface area contributed by atoms with Crippen LogP contribution < -0.4 is 5.32 Å². The van der Waals surface area contributed by atoms with Crippen LogP contribution in [0, 0.1) is 5.92 Å². The lowest BCUT2D eigenvalue weighted by Gasteiger charge is -2.34. The van der Waals surface area contributed by atoms with E-state index in [2.05, 4.69) is 5.32 Å². The Morgan fingerprint density at radius 1 is 1.38 bits per heavy atom. The van der Waals surface area contributed by atoms with E-state index in [0.717, 1.165) is 11.5 Å². The van der Waals surface area contributed by atoms with E-state index in [1.807, 2.05) is 18.7 Å². The standard InChI is InChI=1S/C14H24N2O4S/c1-9(2)14(10(3)17)15-12(18)7-16-4-5-21-8-11(16)6-13(19)20/h9,11,14H,4-8H2,1-3H3,(H,15,18)(H,19,20). The molecule has 0 spiro atoms. The fourth-order valence-electron chi connectivity index (χ4n) is 2.43. The first-order valence-corrected chi connectivity index (χ1v) is 8.30. The number of thioether (sulfide) groups is 1. The fourth-order valence-corrected chi connectivity index (χ4v) is 3.56. The Labute approximate surface area is 129 Å². The molecule has 6 nitrogen and oxygen atoms in total. The minimum atomic E-state index is -0.850. The van der Waals surface area contributed by atoms with Crippen molar-refractivity contribution in [3.8, 4) is 0 Å². The number of carboxylic acid groups (broad SMARTS) is 1. The lowest BCUT2D eigenvalue weighted by atomic mass is 10.0. The molecule has 7 heteroatoms. The monoisotopic (exact) mass is 316 g/mol. The maximum atomic E-state index is 12.1. The van der Waals surface area contributed by atoms with Crippen molar-refractivity contribution in [3.63, 3.8) is 0 Å². The largest absolute Gasteiger partial charge is 0.481 e. The first kappa shape index (κ1) is 18.0. The normalized spacial score (nSPS) is 21.0. The van der Waals surface area contributed by atoms with E-state index in [4.69, 9.17) is 5.11 Å². The van der Waals surface area contributed by atoms with Gasteiger partial charge >= 0.3 is 5.97 Å². The van der Waals surface area contributed by atoms with Gasteiger partial charge in [-0.15, -0.1) is 0 Å². The van der Waals surface area contributed by atoms with Crippen molar-refractivity contribution in [2.75, 3.05) is 24.6 Å². The van der Waals surface area contributed by atoms with Crippen LogP contribution in [0.3, 0.4) is 0 Å². The van der Waals surface area contributed by atoms with Gasteiger partial charge in [-0.2, -0.15) is 11.8 Å². The molecule has 0 bridgehead atoms. The zero-order valence-corrected chi connectivity index (χ0v) is 13.6. The Morgan fingerprint density at radius 2 is 2.05 bits per heavy atom. The molecule has 1 fully saturated rings. The van der Waals surface area contributed by atoms with E-state index in [1.54, 1.807) is 11.8 Å². The van der Waals surface area contributed by atoms with Gasteiger partial charge in [-0.1, -0.05) is 13.8 Å². The van der Waals surface area contributed by atoms with Crippen LogP contribution in [0.2, 0.25) is 0 Å². The lowest BCUT2D eigenvalue weighted by molar-refractivity contribution is -0.139. The first-order valence-electron chi connectivity index (χ1n) is 7.14. The zero-order valence-electron chi connectivity index (χ0n) is 12.8. The highest BCUT2D eigenvalue weighted by atomic mass is 32.2. The number of nitrogens with zero attached hydrogens (tertiary/aromatic N) is 1. The molecule has 0 aliphatic carbocycles. The van der Waals surface area contributed by atoms with Gasteiger partial charge in [-0.25, -0.2) is 0 Å². The summed E-state index contributed by atoms with van der Waals surface area (Å²) >= 11 is 1.71. The van der Waals surface area contributed by atoms with Crippen molar-refractivity contribution in [2.45, 2.75) is 39.3 Å². The van der Waals surface area contributed by atoms with Gasteiger partial charge < -0.3 is 10.4 Å². The number of hydrogen-bond donors (Lipinski definition) is 2. The number of carbonyl (C=O) groups is 3. The van der Waals surface area contributed by atoms with Crippen LogP contribution in [0.5, 0.6) is 0 Å². The number of amides is 1. The molecule has 1 rings (SSSR count). The van der Waals surface area contributed by atoms with E-state index in [9.17, 15) is 14.4 Å². The van der Waals surface area contributed by atoms with E-state index < -0.39 is 12.0 Å². The summed E-state index contributed by atoms with van der Waals surface area (Å²) in [6.07, 6.45) is 0.0423. The molecular formula is C14H24N2O4S. The van der Waals surface area contributed by atoms with Crippen molar-refractivity contribution >= 4 is 29.4 Å². The molecule has 0 saturated carbocycles. The number of Topliss-reactive ketones (excluding diaryl/α,β-unsaturated/α-hetero) is 1. The SMILES string of the molecule is CC(=O)C(NC(=O)CN1CCSCC1CC(=O)O)C(C)C. The maximum absolute atomic E-state index is 12.1. The predicted molar refractivity (Wildman–Crippen MR) is 82.4 cm³/mol. The predicted octanol–water partition coefficient (Wildman–Crippen LogP) is 0.608. The number of ketones is 1. The molecule has 0 aromatic heterocycles. The second-order valence-electron chi connectivity index (χ2n) is 5.70. The molecule has 2 unspecified atom stereocenters. The summed E-state index contributed by atoms with van der Waals surface area (Å²) in [6, 6.07) is -0.601. The summed E-state index contributed by atoms with van der Waals surface area (Å²) in [5.41, 5.74) is 0. The van der Waals surface area contributed by atoms with Gasteiger partial charge in [0.25, 0.3) is 0 Å². The Bertz CT molecular complexity index is 400. The number of nitrogens with one attached hydrogen (secondary N) is 1. The van der Waals surface area contributed by atoms with Gasteiger partial charge in [-0.05, 0) is 12.8 Å².